The first-order valence-corrected chi connectivity index (χ1v) is 8.99. The van der Waals surface area contributed by atoms with E-state index in [0.717, 1.165) is 34.7 Å². The van der Waals surface area contributed by atoms with Gasteiger partial charge in [-0.2, -0.15) is 0 Å². The third kappa shape index (κ3) is 4.61. The molecule has 0 saturated heterocycles. The van der Waals surface area contributed by atoms with Crippen LogP contribution < -0.4 is 10.6 Å². The first kappa shape index (κ1) is 16.6. The first-order chi connectivity index (χ1) is 11.6. The third-order valence-electron chi connectivity index (χ3n) is 3.86. The molecule has 1 aliphatic carbocycles. The normalized spacial score (nSPS) is 13.4. The van der Waals surface area contributed by atoms with E-state index in [0.29, 0.717) is 5.75 Å². The highest BCUT2D eigenvalue weighted by atomic mass is 32.2. The Bertz CT molecular complexity index is 739. The van der Waals surface area contributed by atoms with Gasteiger partial charge in [-0.05, 0) is 55.7 Å². The van der Waals surface area contributed by atoms with Gasteiger partial charge in [0.1, 0.15) is 0 Å². The second kappa shape index (κ2) is 7.53. The quantitative estimate of drug-likeness (QED) is 0.779. The molecule has 0 atom stereocenters. The molecule has 1 saturated carbocycles. The zero-order valence-corrected chi connectivity index (χ0v) is 14.4. The van der Waals surface area contributed by atoms with Gasteiger partial charge in [-0.3, -0.25) is 9.59 Å². The maximum absolute atomic E-state index is 12.0. The average Bonchev–Trinajstić information content (AvgIpc) is 3.41. The smallest absolute Gasteiger partial charge is 0.234 e. The zero-order valence-electron chi connectivity index (χ0n) is 13.5. The van der Waals surface area contributed by atoms with Gasteiger partial charge in [-0.15, -0.1) is 11.8 Å². The molecule has 0 bridgehead atoms. The molecule has 2 aromatic carbocycles. The second-order valence-corrected chi connectivity index (χ2v) is 6.99. The summed E-state index contributed by atoms with van der Waals surface area (Å²) in [5.41, 5.74) is 2.70. The summed E-state index contributed by atoms with van der Waals surface area (Å²) in [6.45, 7) is 1.97. The van der Waals surface area contributed by atoms with Crippen molar-refractivity contribution in [3.05, 3.63) is 54.1 Å². The van der Waals surface area contributed by atoms with Crippen molar-refractivity contribution in [2.45, 2.75) is 24.7 Å². The van der Waals surface area contributed by atoms with Crippen LogP contribution in [0.25, 0.3) is 0 Å². The van der Waals surface area contributed by atoms with Gasteiger partial charge in [-0.1, -0.05) is 18.2 Å². The predicted molar refractivity (Wildman–Crippen MR) is 98.3 cm³/mol. The molecule has 0 heterocycles. The maximum atomic E-state index is 12.0. The lowest BCUT2D eigenvalue weighted by atomic mass is 10.2. The van der Waals surface area contributed by atoms with Gasteiger partial charge in [0.25, 0.3) is 0 Å². The van der Waals surface area contributed by atoms with Gasteiger partial charge in [0, 0.05) is 22.2 Å². The number of anilines is 2. The topological polar surface area (TPSA) is 58.2 Å². The lowest BCUT2D eigenvalue weighted by molar-refractivity contribution is -0.117. The van der Waals surface area contributed by atoms with Gasteiger partial charge >= 0.3 is 0 Å². The van der Waals surface area contributed by atoms with Crippen LogP contribution in [-0.4, -0.2) is 17.6 Å². The van der Waals surface area contributed by atoms with Crippen LogP contribution >= 0.6 is 11.8 Å². The monoisotopic (exact) mass is 340 g/mol. The third-order valence-corrected chi connectivity index (χ3v) is 4.87. The maximum Gasteiger partial charge on any atom is 0.234 e. The van der Waals surface area contributed by atoms with Crippen LogP contribution in [0, 0.1) is 12.8 Å². The fraction of sp³-hybridized carbons (Fsp3) is 0.263. The number of carbonyl (C=O) groups excluding carboxylic acids is 2. The van der Waals surface area contributed by atoms with Crippen LogP contribution in [0.2, 0.25) is 0 Å². The molecule has 0 aromatic heterocycles. The van der Waals surface area contributed by atoms with Crippen molar-refractivity contribution >= 4 is 35.0 Å². The number of amides is 2. The highest BCUT2D eigenvalue weighted by Crippen LogP contribution is 2.30. The summed E-state index contributed by atoms with van der Waals surface area (Å²) in [5.74, 6) is 0.625. The van der Waals surface area contributed by atoms with Gasteiger partial charge in [0.2, 0.25) is 11.8 Å². The number of benzene rings is 2. The average molecular weight is 340 g/mol. The van der Waals surface area contributed by atoms with Gasteiger partial charge in [-0.25, -0.2) is 0 Å². The molecule has 0 aliphatic heterocycles. The van der Waals surface area contributed by atoms with E-state index in [4.69, 9.17) is 0 Å². The fourth-order valence-electron chi connectivity index (χ4n) is 2.27. The van der Waals surface area contributed by atoms with Crippen LogP contribution in [0.15, 0.2) is 53.4 Å². The minimum Gasteiger partial charge on any atom is -0.326 e. The molecule has 0 radical (unpaired) electrons. The number of hydrogen-bond donors (Lipinski definition) is 2. The van der Waals surface area contributed by atoms with Crippen molar-refractivity contribution in [2.24, 2.45) is 5.92 Å². The molecular formula is C19H20N2O2S. The fourth-order valence-corrected chi connectivity index (χ4v) is 2.97. The number of rotatable bonds is 6. The van der Waals surface area contributed by atoms with Gasteiger partial charge in [0.15, 0.2) is 0 Å². The van der Waals surface area contributed by atoms with Crippen molar-refractivity contribution in [1.29, 1.82) is 0 Å². The molecule has 124 valence electrons. The standard InChI is InChI=1S/C19H20N2O2S/c1-13-4-2-3-5-17(13)21-18(22)12-24-16-10-8-15(9-11-16)20-19(23)14-6-7-14/h2-5,8-11,14H,6-7,12H2,1H3,(H,20,23)(H,21,22). The highest BCUT2D eigenvalue weighted by Gasteiger charge is 2.29. The first-order valence-electron chi connectivity index (χ1n) is 8.01. The van der Waals surface area contributed by atoms with E-state index in [1.165, 1.54) is 11.8 Å². The minimum atomic E-state index is -0.0274. The lowest BCUT2D eigenvalue weighted by Gasteiger charge is -2.08. The Morgan fingerprint density at radius 1 is 1.04 bits per heavy atom. The number of carbonyl (C=O) groups is 2. The van der Waals surface area contributed by atoms with Crippen LogP contribution in [0.1, 0.15) is 18.4 Å². The highest BCUT2D eigenvalue weighted by molar-refractivity contribution is 8.00. The lowest BCUT2D eigenvalue weighted by Crippen LogP contribution is -2.14. The molecule has 2 aromatic rings. The molecule has 24 heavy (non-hydrogen) atoms. The van der Waals surface area contributed by atoms with E-state index in [1.807, 2.05) is 55.5 Å². The number of para-hydroxylation sites is 1. The molecule has 4 nitrogen and oxygen atoms in total. The van der Waals surface area contributed by atoms with E-state index in [9.17, 15) is 9.59 Å². The number of thioether (sulfide) groups is 1. The Kier molecular flexibility index (Phi) is 5.20. The Hall–Kier alpha value is -2.27. The minimum absolute atomic E-state index is 0.0274. The number of nitrogens with one attached hydrogen (secondary N) is 2. The van der Waals surface area contributed by atoms with Crippen molar-refractivity contribution in [2.75, 3.05) is 16.4 Å². The van der Waals surface area contributed by atoms with Crippen molar-refractivity contribution in [1.82, 2.24) is 0 Å². The number of hydrogen-bond acceptors (Lipinski definition) is 3. The van der Waals surface area contributed by atoms with Crippen molar-refractivity contribution in [3.8, 4) is 0 Å². The Labute approximate surface area is 146 Å². The van der Waals surface area contributed by atoms with Crippen LogP contribution in [0.4, 0.5) is 11.4 Å². The summed E-state index contributed by atoms with van der Waals surface area (Å²) < 4.78 is 0. The summed E-state index contributed by atoms with van der Waals surface area (Å²) >= 11 is 1.48. The van der Waals surface area contributed by atoms with E-state index in [1.54, 1.807) is 0 Å². The van der Waals surface area contributed by atoms with Crippen molar-refractivity contribution in [3.63, 3.8) is 0 Å². The van der Waals surface area contributed by atoms with E-state index < -0.39 is 0 Å². The summed E-state index contributed by atoms with van der Waals surface area (Å²) in [4.78, 5) is 24.7. The SMILES string of the molecule is Cc1ccccc1NC(=O)CSc1ccc(NC(=O)C2CC2)cc1. The molecule has 0 unspecified atom stereocenters. The molecule has 2 amide bonds. The largest absolute Gasteiger partial charge is 0.326 e. The van der Waals surface area contributed by atoms with E-state index in [2.05, 4.69) is 10.6 Å². The van der Waals surface area contributed by atoms with Crippen molar-refractivity contribution < 1.29 is 9.59 Å². The molecular weight excluding hydrogens is 320 g/mol. The zero-order chi connectivity index (χ0) is 16.9. The molecule has 1 fully saturated rings. The van der Waals surface area contributed by atoms with E-state index in [-0.39, 0.29) is 17.7 Å². The molecule has 2 N–H and O–H groups in total. The molecule has 0 spiro atoms. The summed E-state index contributed by atoms with van der Waals surface area (Å²) in [5, 5.41) is 5.83. The van der Waals surface area contributed by atoms with Crippen LogP contribution in [0.3, 0.4) is 0 Å². The molecule has 3 rings (SSSR count). The van der Waals surface area contributed by atoms with Crippen LogP contribution in [0.5, 0.6) is 0 Å². The molecule has 5 heteroatoms. The second-order valence-electron chi connectivity index (χ2n) is 5.94. The Morgan fingerprint density at radius 2 is 1.75 bits per heavy atom. The Morgan fingerprint density at radius 3 is 2.42 bits per heavy atom. The Balaban J connectivity index is 1.48. The predicted octanol–water partition coefficient (Wildman–Crippen LogP) is 4.07. The van der Waals surface area contributed by atoms with Crippen LogP contribution in [-0.2, 0) is 9.59 Å². The summed E-state index contributed by atoms with van der Waals surface area (Å²) in [6, 6.07) is 15.3. The summed E-state index contributed by atoms with van der Waals surface area (Å²) in [6.07, 6.45) is 1.99. The molecule has 1 aliphatic rings. The summed E-state index contributed by atoms with van der Waals surface area (Å²) in [7, 11) is 0. The van der Waals surface area contributed by atoms with Gasteiger partial charge in [0.05, 0.1) is 5.75 Å². The van der Waals surface area contributed by atoms with Gasteiger partial charge < -0.3 is 10.6 Å². The number of aryl methyl sites for hydroxylation is 1. The van der Waals surface area contributed by atoms with E-state index >= 15 is 0 Å².